The lowest BCUT2D eigenvalue weighted by atomic mass is 9.96. The highest BCUT2D eigenvalue weighted by molar-refractivity contribution is 7.16. The van der Waals surface area contributed by atoms with Crippen molar-refractivity contribution in [1.82, 2.24) is 0 Å². The van der Waals surface area contributed by atoms with Gasteiger partial charge in [-0.1, -0.05) is 12.1 Å². The molecule has 1 aromatic heterocycles. The predicted octanol–water partition coefficient (Wildman–Crippen LogP) is 3.50. The second kappa shape index (κ2) is 7.64. The maximum atomic E-state index is 12.8. The molecule has 4 rings (SSSR count). The average molecular weight is 395 g/mol. The number of anilines is 2. The van der Waals surface area contributed by atoms with E-state index in [0.717, 1.165) is 31.2 Å². The van der Waals surface area contributed by atoms with Crippen molar-refractivity contribution in [2.24, 2.45) is 5.92 Å². The number of fused-ring (bicyclic) bond motifs is 1. The fourth-order valence-electron chi connectivity index (χ4n) is 3.95. The van der Waals surface area contributed by atoms with Gasteiger partial charge in [0.2, 0.25) is 11.8 Å². The van der Waals surface area contributed by atoms with Crippen LogP contribution in [0.1, 0.15) is 35.3 Å². The van der Waals surface area contributed by atoms with Crippen LogP contribution in [0.2, 0.25) is 0 Å². The first-order chi connectivity index (χ1) is 13.6. The lowest BCUT2D eigenvalue weighted by Crippen LogP contribution is -2.28. The van der Waals surface area contributed by atoms with E-state index in [1.165, 1.54) is 16.2 Å². The standard InChI is InChI=1S/C21H21N3O3S/c1-27-17-8-4-3-7-16(17)24-12-13(10-19(24)25)20(26)23-21-15(11-22)14-6-2-5-9-18(14)28-21/h3-4,7-8,13H,2,5-6,9-10,12H2,1H3,(H,23,26). The highest BCUT2D eigenvalue weighted by atomic mass is 32.1. The molecule has 2 heterocycles. The van der Waals surface area contributed by atoms with Gasteiger partial charge in [0.15, 0.2) is 0 Å². The molecule has 1 aromatic carbocycles. The number of carbonyl (C=O) groups excluding carboxylic acids is 2. The quantitative estimate of drug-likeness (QED) is 0.859. The Labute approximate surface area is 167 Å². The molecule has 2 aromatic rings. The number of para-hydroxylation sites is 2. The summed E-state index contributed by atoms with van der Waals surface area (Å²) in [6.45, 7) is 0.304. The zero-order valence-corrected chi connectivity index (χ0v) is 16.5. The molecule has 1 saturated heterocycles. The van der Waals surface area contributed by atoms with Gasteiger partial charge in [-0.3, -0.25) is 9.59 Å². The molecule has 144 valence electrons. The number of hydrogen-bond acceptors (Lipinski definition) is 5. The summed E-state index contributed by atoms with van der Waals surface area (Å²) in [4.78, 5) is 28.2. The smallest absolute Gasteiger partial charge is 0.230 e. The van der Waals surface area contributed by atoms with E-state index in [0.29, 0.717) is 28.5 Å². The Bertz CT molecular complexity index is 976. The number of nitrogens with zero attached hydrogens (tertiary/aromatic N) is 2. The van der Waals surface area contributed by atoms with E-state index in [1.807, 2.05) is 18.2 Å². The van der Waals surface area contributed by atoms with Crippen LogP contribution in [0, 0.1) is 17.2 Å². The number of hydrogen-bond donors (Lipinski definition) is 1. The molecule has 2 aliphatic rings. The number of ether oxygens (including phenoxy) is 1. The summed E-state index contributed by atoms with van der Waals surface area (Å²) >= 11 is 1.50. The van der Waals surface area contributed by atoms with Gasteiger partial charge in [-0.15, -0.1) is 11.3 Å². The Morgan fingerprint density at radius 1 is 1.32 bits per heavy atom. The maximum absolute atomic E-state index is 12.8. The number of nitriles is 1. The van der Waals surface area contributed by atoms with Crippen molar-refractivity contribution in [2.75, 3.05) is 23.9 Å². The summed E-state index contributed by atoms with van der Waals surface area (Å²) in [5, 5.41) is 13.1. The minimum Gasteiger partial charge on any atom is -0.495 e. The first kappa shape index (κ1) is 18.5. The van der Waals surface area contributed by atoms with Gasteiger partial charge in [0.1, 0.15) is 16.8 Å². The topological polar surface area (TPSA) is 82.4 Å². The van der Waals surface area contributed by atoms with Crippen LogP contribution in [-0.2, 0) is 22.4 Å². The number of methoxy groups -OCH3 is 1. The minimum absolute atomic E-state index is 0.101. The molecule has 7 heteroatoms. The van der Waals surface area contributed by atoms with Crippen molar-refractivity contribution < 1.29 is 14.3 Å². The zero-order valence-electron chi connectivity index (χ0n) is 15.7. The third-order valence-corrected chi connectivity index (χ3v) is 6.60. The van der Waals surface area contributed by atoms with Crippen molar-refractivity contribution in [3.05, 3.63) is 40.3 Å². The van der Waals surface area contributed by atoms with Gasteiger partial charge in [-0.2, -0.15) is 5.26 Å². The molecule has 0 bridgehead atoms. The van der Waals surface area contributed by atoms with Crippen molar-refractivity contribution in [2.45, 2.75) is 32.1 Å². The molecule has 0 spiro atoms. The van der Waals surface area contributed by atoms with Gasteiger partial charge in [0.05, 0.1) is 24.3 Å². The van der Waals surface area contributed by atoms with Crippen LogP contribution in [0.25, 0.3) is 0 Å². The molecule has 1 aliphatic heterocycles. The first-order valence-corrected chi connectivity index (χ1v) is 10.2. The first-order valence-electron chi connectivity index (χ1n) is 9.41. The van der Waals surface area contributed by atoms with Crippen LogP contribution in [0.5, 0.6) is 5.75 Å². The second-order valence-electron chi connectivity index (χ2n) is 7.09. The van der Waals surface area contributed by atoms with Crippen LogP contribution in [-0.4, -0.2) is 25.5 Å². The van der Waals surface area contributed by atoms with Gasteiger partial charge in [-0.05, 0) is 43.4 Å². The molecule has 28 heavy (non-hydrogen) atoms. The Hall–Kier alpha value is -2.85. The lowest BCUT2D eigenvalue weighted by molar-refractivity contribution is -0.122. The van der Waals surface area contributed by atoms with E-state index >= 15 is 0 Å². The van der Waals surface area contributed by atoms with Crippen molar-refractivity contribution in [3.8, 4) is 11.8 Å². The number of thiophene rings is 1. The number of amides is 2. The number of nitrogens with one attached hydrogen (secondary N) is 1. The number of aryl methyl sites for hydroxylation is 1. The Morgan fingerprint density at radius 3 is 2.89 bits per heavy atom. The number of benzene rings is 1. The third kappa shape index (κ3) is 3.25. The minimum atomic E-state index is -0.455. The van der Waals surface area contributed by atoms with Crippen LogP contribution in [0.15, 0.2) is 24.3 Å². The van der Waals surface area contributed by atoms with E-state index in [9.17, 15) is 14.9 Å². The molecular formula is C21H21N3O3S. The van der Waals surface area contributed by atoms with Crippen LogP contribution >= 0.6 is 11.3 Å². The van der Waals surface area contributed by atoms with Crippen molar-refractivity contribution in [1.29, 1.82) is 5.26 Å². The largest absolute Gasteiger partial charge is 0.495 e. The molecule has 1 aliphatic carbocycles. The monoisotopic (exact) mass is 395 g/mol. The van der Waals surface area contributed by atoms with E-state index in [4.69, 9.17) is 4.74 Å². The van der Waals surface area contributed by atoms with Gasteiger partial charge in [-0.25, -0.2) is 0 Å². The predicted molar refractivity (Wildman–Crippen MR) is 108 cm³/mol. The summed E-state index contributed by atoms with van der Waals surface area (Å²) in [5.74, 6) is -0.158. The Balaban J connectivity index is 1.52. The Kier molecular flexibility index (Phi) is 5.05. The molecular weight excluding hydrogens is 374 g/mol. The molecule has 2 amide bonds. The van der Waals surface area contributed by atoms with Gasteiger partial charge < -0.3 is 15.0 Å². The fourth-order valence-corrected chi connectivity index (χ4v) is 5.20. The highest BCUT2D eigenvalue weighted by Gasteiger charge is 2.37. The van der Waals surface area contributed by atoms with Gasteiger partial charge in [0.25, 0.3) is 0 Å². The Morgan fingerprint density at radius 2 is 2.11 bits per heavy atom. The van der Waals surface area contributed by atoms with Gasteiger partial charge in [0, 0.05) is 17.8 Å². The fraction of sp³-hybridized carbons (Fsp3) is 0.381. The van der Waals surface area contributed by atoms with E-state index in [-0.39, 0.29) is 18.2 Å². The van der Waals surface area contributed by atoms with Crippen molar-refractivity contribution >= 4 is 33.8 Å². The molecule has 1 unspecified atom stereocenters. The SMILES string of the molecule is COc1ccccc1N1CC(C(=O)Nc2sc3c(c2C#N)CCCC3)CC1=O. The summed E-state index contributed by atoms with van der Waals surface area (Å²) < 4.78 is 5.35. The van der Waals surface area contributed by atoms with E-state index in [2.05, 4.69) is 11.4 Å². The maximum Gasteiger partial charge on any atom is 0.230 e. The van der Waals surface area contributed by atoms with Crippen LogP contribution in [0.3, 0.4) is 0 Å². The van der Waals surface area contributed by atoms with Gasteiger partial charge >= 0.3 is 0 Å². The summed E-state index contributed by atoms with van der Waals surface area (Å²) in [7, 11) is 1.56. The van der Waals surface area contributed by atoms with Crippen LogP contribution < -0.4 is 15.0 Å². The third-order valence-electron chi connectivity index (χ3n) is 5.39. The summed E-state index contributed by atoms with van der Waals surface area (Å²) in [6, 6.07) is 9.56. The number of rotatable bonds is 4. The number of carbonyl (C=O) groups is 2. The van der Waals surface area contributed by atoms with E-state index in [1.54, 1.807) is 18.1 Å². The van der Waals surface area contributed by atoms with Crippen LogP contribution in [0.4, 0.5) is 10.7 Å². The normalized spacial score (nSPS) is 18.5. The zero-order chi connectivity index (χ0) is 19.7. The second-order valence-corrected chi connectivity index (χ2v) is 8.20. The van der Waals surface area contributed by atoms with Crippen molar-refractivity contribution in [3.63, 3.8) is 0 Å². The summed E-state index contributed by atoms with van der Waals surface area (Å²) in [5.41, 5.74) is 2.36. The highest BCUT2D eigenvalue weighted by Crippen LogP contribution is 2.38. The lowest BCUT2D eigenvalue weighted by Gasteiger charge is -2.19. The molecule has 0 radical (unpaired) electrons. The molecule has 1 atom stereocenters. The molecule has 1 N–H and O–H groups in total. The molecule has 0 saturated carbocycles. The average Bonchev–Trinajstić information content (AvgIpc) is 3.27. The summed E-state index contributed by atoms with van der Waals surface area (Å²) in [6.07, 6.45) is 4.21. The molecule has 6 nitrogen and oxygen atoms in total. The van der Waals surface area contributed by atoms with E-state index < -0.39 is 5.92 Å². The molecule has 1 fully saturated rings.